The average molecular weight is 231 g/mol. The van der Waals surface area contributed by atoms with Crippen molar-refractivity contribution in [1.82, 2.24) is 0 Å². The molecular formula is C8H16Cl2O3. The summed E-state index contributed by atoms with van der Waals surface area (Å²) in [5.74, 6) is -3.03. The van der Waals surface area contributed by atoms with E-state index in [0.717, 1.165) is 19.3 Å². The first-order valence-electron chi connectivity index (χ1n) is 4.36. The Labute approximate surface area is 88.3 Å². The van der Waals surface area contributed by atoms with Crippen molar-refractivity contribution < 1.29 is 15.3 Å². The topological polar surface area (TPSA) is 60.7 Å². The second-order valence-electron chi connectivity index (χ2n) is 3.15. The highest BCUT2D eigenvalue weighted by Gasteiger charge is 2.45. The van der Waals surface area contributed by atoms with Gasteiger partial charge in [0.1, 0.15) is 0 Å². The van der Waals surface area contributed by atoms with E-state index >= 15 is 0 Å². The van der Waals surface area contributed by atoms with Gasteiger partial charge in [-0.2, -0.15) is 0 Å². The Morgan fingerprint density at radius 2 is 1.54 bits per heavy atom. The maximum atomic E-state index is 8.75. The van der Waals surface area contributed by atoms with Gasteiger partial charge in [0, 0.05) is 0 Å². The third kappa shape index (κ3) is 5.03. The fraction of sp³-hybridized carbons (Fsp3) is 1.00. The predicted octanol–water partition coefficient (Wildman–Crippen LogP) is 1.76. The molecule has 13 heavy (non-hydrogen) atoms. The first-order valence-corrected chi connectivity index (χ1v) is 5.12. The summed E-state index contributed by atoms with van der Waals surface area (Å²) in [5.41, 5.74) is 0. The molecule has 0 atom stereocenters. The molecule has 0 aliphatic rings. The largest absolute Gasteiger partial charge is 0.341 e. The molecule has 0 saturated heterocycles. The number of hydrogen-bond acceptors (Lipinski definition) is 3. The first kappa shape index (κ1) is 13.5. The Hall–Kier alpha value is 0.460. The van der Waals surface area contributed by atoms with Gasteiger partial charge in [0.05, 0.1) is 0 Å². The van der Waals surface area contributed by atoms with Crippen molar-refractivity contribution in [2.75, 3.05) is 0 Å². The van der Waals surface area contributed by atoms with Gasteiger partial charge in [-0.25, -0.2) is 0 Å². The number of hydrogen-bond donors (Lipinski definition) is 3. The molecule has 0 aliphatic heterocycles. The van der Waals surface area contributed by atoms with Crippen LogP contribution in [-0.4, -0.2) is 25.6 Å². The monoisotopic (exact) mass is 230 g/mol. The molecule has 0 aromatic heterocycles. The van der Waals surface area contributed by atoms with Crippen LogP contribution in [0.25, 0.3) is 0 Å². The zero-order chi connectivity index (χ0) is 10.5. The van der Waals surface area contributed by atoms with Gasteiger partial charge in [0.15, 0.2) is 4.33 Å². The summed E-state index contributed by atoms with van der Waals surface area (Å²) in [5, 5.41) is 26.2. The SMILES string of the molecule is CCCCCCC(Cl)(Cl)C(O)(O)O. The van der Waals surface area contributed by atoms with Crippen molar-refractivity contribution in [2.45, 2.75) is 49.3 Å². The Morgan fingerprint density at radius 1 is 1.00 bits per heavy atom. The molecule has 0 rings (SSSR count). The lowest BCUT2D eigenvalue weighted by molar-refractivity contribution is -0.320. The van der Waals surface area contributed by atoms with Crippen LogP contribution in [-0.2, 0) is 0 Å². The van der Waals surface area contributed by atoms with Gasteiger partial charge in [0.2, 0.25) is 0 Å². The van der Waals surface area contributed by atoms with Crippen LogP contribution in [0.5, 0.6) is 0 Å². The van der Waals surface area contributed by atoms with E-state index in [2.05, 4.69) is 6.92 Å². The predicted molar refractivity (Wildman–Crippen MR) is 52.6 cm³/mol. The zero-order valence-corrected chi connectivity index (χ0v) is 9.14. The summed E-state index contributed by atoms with van der Waals surface area (Å²) in [6.45, 7) is 2.06. The highest BCUT2D eigenvalue weighted by atomic mass is 35.5. The summed E-state index contributed by atoms with van der Waals surface area (Å²) in [6, 6.07) is 0. The summed E-state index contributed by atoms with van der Waals surface area (Å²) < 4.78 is -1.90. The second-order valence-corrected chi connectivity index (χ2v) is 4.63. The quantitative estimate of drug-likeness (QED) is 0.371. The minimum absolute atomic E-state index is 0.152. The molecule has 80 valence electrons. The van der Waals surface area contributed by atoms with Crippen LogP contribution < -0.4 is 0 Å². The van der Waals surface area contributed by atoms with Crippen molar-refractivity contribution in [3.63, 3.8) is 0 Å². The molecule has 0 fully saturated rings. The van der Waals surface area contributed by atoms with E-state index in [1.807, 2.05) is 0 Å². The molecule has 0 bridgehead atoms. The maximum absolute atomic E-state index is 8.75. The third-order valence-corrected chi connectivity index (χ3v) is 2.72. The van der Waals surface area contributed by atoms with E-state index in [-0.39, 0.29) is 6.42 Å². The average Bonchev–Trinajstić information content (AvgIpc) is 1.96. The number of rotatable bonds is 6. The van der Waals surface area contributed by atoms with E-state index in [1.54, 1.807) is 0 Å². The highest BCUT2D eigenvalue weighted by molar-refractivity contribution is 6.49. The molecular weight excluding hydrogens is 215 g/mol. The third-order valence-electron chi connectivity index (χ3n) is 1.84. The van der Waals surface area contributed by atoms with Gasteiger partial charge in [-0.3, -0.25) is 0 Å². The van der Waals surface area contributed by atoms with E-state index in [0.29, 0.717) is 6.42 Å². The number of halogens is 2. The van der Waals surface area contributed by atoms with Crippen molar-refractivity contribution in [1.29, 1.82) is 0 Å². The summed E-state index contributed by atoms with van der Waals surface area (Å²) in [4.78, 5) is 0. The molecule has 3 nitrogen and oxygen atoms in total. The van der Waals surface area contributed by atoms with Gasteiger partial charge >= 0.3 is 5.97 Å². The minimum atomic E-state index is -3.03. The fourth-order valence-electron chi connectivity index (χ4n) is 0.942. The van der Waals surface area contributed by atoms with Gasteiger partial charge in [0.25, 0.3) is 0 Å². The molecule has 0 unspecified atom stereocenters. The molecule has 0 heterocycles. The summed E-state index contributed by atoms with van der Waals surface area (Å²) in [6.07, 6.45) is 3.83. The smallest absolute Gasteiger partial charge is 0.310 e. The minimum Gasteiger partial charge on any atom is -0.341 e. The van der Waals surface area contributed by atoms with E-state index < -0.39 is 10.3 Å². The Morgan fingerprint density at radius 3 is 1.92 bits per heavy atom. The van der Waals surface area contributed by atoms with E-state index in [4.69, 9.17) is 38.5 Å². The molecule has 0 aliphatic carbocycles. The molecule has 0 aromatic carbocycles. The molecule has 0 spiro atoms. The number of aliphatic hydroxyl groups is 3. The second kappa shape index (κ2) is 5.37. The normalized spacial score (nSPS) is 13.4. The Bertz CT molecular complexity index is 143. The van der Waals surface area contributed by atoms with Crippen LogP contribution in [0.3, 0.4) is 0 Å². The lowest BCUT2D eigenvalue weighted by atomic mass is 10.1. The van der Waals surface area contributed by atoms with Crippen molar-refractivity contribution in [2.24, 2.45) is 0 Å². The number of alkyl halides is 2. The van der Waals surface area contributed by atoms with Crippen LogP contribution in [0.15, 0.2) is 0 Å². The molecule has 5 heteroatoms. The zero-order valence-electron chi connectivity index (χ0n) is 7.63. The summed E-state index contributed by atoms with van der Waals surface area (Å²) in [7, 11) is 0. The van der Waals surface area contributed by atoms with Gasteiger partial charge < -0.3 is 15.3 Å². The summed E-state index contributed by atoms with van der Waals surface area (Å²) >= 11 is 11.0. The molecule has 0 radical (unpaired) electrons. The Balaban J connectivity index is 3.77. The molecule has 0 saturated carbocycles. The van der Waals surface area contributed by atoms with Crippen LogP contribution in [0.4, 0.5) is 0 Å². The van der Waals surface area contributed by atoms with Crippen LogP contribution in [0, 0.1) is 0 Å². The van der Waals surface area contributed by atoms with Gasteiger partial charge in [-0.05, 0) is 6.42 Å². The van der Waals surface area contributed by atoms with Crippen LogP contribution >= 0.6 is 23.2 Å². The standard InChI is InChI=1S/C8H16Cl2O3/c1-2-3-4-5-6-7(9,10)8(11,12)13/h11-13H,2-6H2,1H3. The van der Waals surface area contributed by atoms with Gasteiger partial charge in [-0.15, -0.1) is 0 Å². The fourth-order valence-corrected chi connectivity index (χ4v) is 1.21. The van der Waals surface area contributed by atoms with Crippen molar-refractivity contribution in [3.05, 3.63) is 0 Å². The molecule has 3 N–H and O–H groups in total. The van der Waals surface area contributed by atoms with Crippen LogP contribution in [0.2, 0.25) is 0 Å². The lowest BCUT2D eigenvalue weighted by Gasteiger charge is -2.28. The molecule has 0 amide bonds. The van der Waals surface area contributed by atoms with Crippen molar-refractivity contribution >= 4 is 23.2 Å². The first-order chi connectivity index (χ1) is 5.81. The Kier molecular flexibility index (Phi) is 5.56. The lowest BCUT2D eigenvalue weighted by Crippen LogP contribution is -2.46. The number of unbranched alkanes of at least 4 members (excludes halogenated alkanes) is 3. The van der Waals surface area contributed by atoms with E-state index in [9.17, 15) is 0 Å². The van der Waals surface area contributed by atoms with Crippen LogP contribution in [0.1, 0.15) is 39.0 Å². The highest BCUT2D eigenvalue weighted by Crippen LogP contribution is 2.35. The molecule has 0 aromatic rings. The van der Waals surface area contributed by atoms with Crippen molar-refractivity contribution in [3.8, 4) is 0 Å². The van der Waals surface area contributed by atoms with Gasteiger partial charge in [-0.1, -0.05) is 55.8 Å². The maximum Gasteiger partial charge on any atom is 0.310 e. The van der Waals surface area contributed by atoms with E-state index in [1.165, 1.54) is 0 Å².